The van der Waals surface area contributed by atoms with Crippen molar-refractivity contribution in [2.24, 2.45) is 0 Å². The molecule has 148 valence electrons. The molecule has 4 rings (SSSR count). The van der Waals surface area contributed by atoms with Crippen molar-refractivity contribution < 1.29 is 10.0 Å². The van der Waals surface area contributed by atoms with Gasteiger partial charge in [0.05, 0.1) is 11.0 Å². The quantitative estimate of drug-likeness (QED) is 0.637. The molecule has 1 N–H and O–H groups in total. The number of nitro groups is 1. The van der Waals surface area contributed by atoms with E-state index in [4.69, 9.17) is 0 Å². The Hall–Kier alpha value is -2.28. The van der Waals surface area contributed by atoms with Gasteiger partial charge in [-0.1, -0.05) is 36.4 Å². The Balaban J connectivity index is 1.27. The van der Waals surface area contributed by atoms with Crippen LogP contribution in [0.25, 0.3) is 0 Å². The van der Waals surface area contributed by atoms with Gasteiger partial charge in [0.1, 0.15) is 0 Å². The normalized spacial score (nSPS) is 23.3. The molecule has 2 unspecified atom stereocenters. The third kappa shape index (κ3) is 4.09. The lowest BCUT2D eigenvalue weighted by molar-refractivity contribution is -0.384. The number of aliphatic hydroxyl groups is 1. The van der Waals surface area contributed by atoms with Crippen LogP contribution in [0.3, 0.4) is 0 Å². The number of piperazine rings is 1. The SMILES string of the molecule is O=[N+]([O-])c1ccc(CCN2CCN(C3CCc4ccccc4C3O)CC2)cc1. The zero-order valence-electron chi connectivity index (χ0n) is 16.0. The van der Waals surface area contributed by atoms with Gasteiger partial charge >= 0.3 is 0 Å². The lowest BCUT2D eigenvalue weighted by atomic mass is 9.85. The number of fused-ring (bicyclic) bond motifs is 1. The number of rotatable bonds is 5. The maximum absolute atomic E-state index is 10.8. The zero-order chi connectivity index (χ0) is 19.5. The lowest BCUT2D eigenvalue weighted by Gasteiger charge is -2.43. The van der Waals surface area contributed by atoms with E-state index in [0.29, 0.717) is 0 Å². The van der Waals surface area contributed by atoms with E-state index in [-0.39, 0.29) is 16.7 Å². The first kappa shape index (κ1) is 19.1. The topological polar surface area (TPSA) is 69.9 Å². The standard InChI is InChI=1S/C22H27N3O3/c26-22-20-4-2-1-3-18(20)7-10-21(22)24-15-13-23(14-16-24)12-11-17-5-8-19(9-6-17)25(27)28/h1-6,8-9,21-22,26H,7,10-16H2. The van der Waals surface area contributed by atoms with Crippen molar-refractivity contribution in [3.05, 3.63) is 75.3 Å². The van der Waals surface area contributed by atoms with Crippen LogP contribution in [0.1, 0.15) is 29.2 Å². The maximum Gasteiger partial charge on any atom is 0.269 e. The number of non-ortho nitro benzene ring substituents is 1. The Kier molecular flexibility index (Phi) is 5.71. The van der Waals surface area contributed by atoms with Crippen LogP contribution in [0.5, 0.6) is 0 Å². The van der Waals surface area contributed by atoms with E-state index >= 15 is 0 Å². The zero-order valence-corrected chi connectivity index (χ0v) is 16.0. The van der Waals surface area contributed by atoms with Crippen LogP contribution in [-0.2, 0) is 12.8 Å². The molecule has 0 aromatic heterocycles. The van der Waals surface area contributed by atoms with Gasteiger partial charge in [-0.15, -0.1) is 0 Å². The van der Waals surface area contributed by atoms with Crippen LogP contribution in [0.4, 0.5) is 5.69 Å². The van der Waals surface area contributed by atoms with E-state index in [1.54, 1.807) is 12.1 Å². The fourth-order valence-electron chi connectivity index (χ4n) is 4.49. The Morgan fingerprint density at radius 1 is 1.04 bits per heavy atom. The van der Waals surface area contributed by atoms with Crippen molar-refractivity contribution in [1.29, 1.82) is 0 Å². The van der Waals surface area contributed by atoms with E-state index in [1.807, 2.05) is 18.2 Å². The molecular formula is C22H27N3O3. The number of aliphatic hydroxyl groups excluding tert-OH is 1. The van der Waals surface area contributed by atoms with Crippen LogP contribution >= 0.6 is 0 Å². The number of benzene rings is 2. The Bertz CT molecular complexity index is 816. The number of aryl methyl sites for hydroxylation is 1. The van der Waals surface area contributed by atoms with Crippen LogP contribution in [0.2, 0.25) is 0 Å². The van der Waals surface area contributed by atoms with Gasteiger partial charge < -0.3 is 10.0 Å². The summed E-state index contributed by atoms with van der Waals surface area (Å²) in [5.41, 5.74) is 3.66. The van der Waals surface area contributed by atoms with Gasteiger partial charge in [-0.05, 0) is 36.0 Å². The van der Waals surface area contributed by atoms with E-state index in [2.05, 4.69) is 28.0 Å². The summed E-state index contributed by atoms with van der Waals surface area (Å²) in [6, 6.07) is 15.3. The number of hydrogen-bond acceptors (Lipinski definition) is 5. The second-order valence-corrected chi connectivity index (χ2v) is 7.80. The molecule has 0 bridgehead atoms. The van der Waals surface area contributed by atoms with Crippen molar-refractivity contribution in [1.82, 2.24) is 9.80 Å². The minimum atomic E-state index is -0.392. The Labute approximate surface area is 165 Å². The molecule has 0 saturated carbocycles. The van der Waals surface area contributed by atoms with Crippen molar-refractivity contribution in [3.63, 3.8) is 0 Å². The van der Waals surface area contributed by atoms with Gasteiger partial charge in [0.2, 0.25) is 0 Å². The molecule has 1 heterocycles. The number of nitro benzene ring substituents is 1. The molecule has 2 aliphatic rings. The van der Waals surface area contributed by atoms with E-state index < -0.39 is 6.10 Å². The average molecular weight is 381 g/mol. The van der Waals surface area contributed by atoms with E-state index in [9.17, 15) is 15.2 Å². The van der Waals surface area contributed by atoms with Crippen LogP contribution in [0.15, 0.2) is 48.5 Å². The number of hydrogen-bond donors (Lipinski definition) is 1. The summed E-state index contributed by atoms with van der Waals surface area (Å²) in [7, 11) is 0. The first-order chi connectivity index (χ1) is 13.6. The highest BCUT2D eigenvalue weighted by Gasteiger charge is 2.33. The third-order valence-corrected chi connectivity index (χ3v) is 6.19. The molecule has 1 saturated heterocycles. The Morgan fingerprint density at radius 2 is 1.75 bits per heavy atom. The molecule has 0 radical (unpaired) electrons. The van der Waals surface area contributed by atoms with Gasteiger partial charge in [0.25, 0.3) is 5.69 Å². The molecule has 2 atom stereocenters. The molecule has 0 spiro atoms. The Morgan fingerprint density at radius 3 is 2.46 bits per heavy atom. The van der Waals surface area contributed by atoms with Crippen LogP contribution in [0, 0.1) is 10.1 Å². The molecule has 1 aliphatic carbocycles. The summed E-state index contributed by atoms with van der Waals surface area (Å²) < 4.78 is 0. The van der Waals surface area contributed by atoms with Gasteiger partial charge in [-0.2, -0.15) is 0 Å². The molecule has 0 amide bonds. The second-order valence-electron chi connectivity index (χ2n) is 7.80. The highest BCUT2D eigenvalue weighted by Crippen LogP contribution is 2.33. The van der Waals surface area contributed by atoms with Crippen LogP contribution < -0.4 is 0 Å². The predicted octanol–water partition coefficient (Wildman–Crippen LogP) is 2.80. The molecule has 2 aromatic rings. The van der Waals surface area contributed by atoms with Crippen molar-refractivity contribution in [3.8, 4) is 0 Å². The third-order valence-electron chi connectivity index (χ3n) is 6.19. The molecule has 28 heavy (non-hydrogen) atoms. The minimum Gasteiger partial charge on any atom is -0.387 e. The predicted molar refractivity (Wildman–Crippen MR) is 108 cm³/mol. The summed E-state index contributed by atoms with van der Waals surface area (Å²) in [6.07, 6.45) is 2.56. The minimum absolute atomic E-state index is 0.143. The molecule has 6 heteroatoms. The second kappa shape index (κ2) is 8.39. The maximum atomic E-state index is 10.8. The largest absolute Gasteiger partial charge is 0.387 e. The number of nitrogens with zero attached hydrogens (tertiary/aromatic N) is 3. The molecular weight excluding hydrogens is 354 g/mol. The van der Waals surface area contributed by atoms with Gasteiger partial charge in [-0.3, -0.25) is 15.0 Å². The fourth-order valence-corrected chi connectivity index (χ4v) is 4.49. The lowest BCUT2D eigenvalue weighted by Crippen LogP contribution is -2.53. The van der Waals surface area contributed by atoms with Crippen molar-refractivity contribution in [2.45, 2.75) is 31.4 Å². The highest BCUT2D eigenvalue weighted by atomic mass is 16.6. The first-order valence-electron chi connectivity index (χ1n) is 10.1. The van der Waals surface area contributed by atoms with E-state index in [0.717, 1.165) is 63.1 Å². The van der Waals surface area contributed by atoms with Crippen molar-refractivity contribution >= 4 is 5.69 Å². The summed E-state index contributed by atoms with van der Waals surface area (Å²) in [5.74, 6) is 0. The smallest absolute Gasteiger partial charge is 0.269 e. The van der Waals surface area contributed by atoms with Gasteiger partial charge in [0.15, 0.2) is 0 Å². The average Bonchev–Trinajstić information content (AvgIpc) is 2.73. The van der Waals surface area contributed by atoms with Gasteiger partial charge in [-0.25, -0.2) is 0 Å². The highest BCUT2D eigenvalue weighted by molar-refractivity contribution is 5.33. The van der Waals surface area contributed by atoms with Gasteiger partial charge in [0, 0.05) is 50.9 Å². The molecule has 1 aliphatic heterocycles. The summed E-state index contributed by atoms with van der Waals surface area (Å²) >= 11 is 0. The van der Waals surface area contributed by atoms with Crippen molar-refractivity contribution in [2.75, 3.05) is 32.7 Å². The monoisotopic (exact) mass is 381 g/mol. The summed E-state index contributed by atoms with van der Waals surface area (Å²) in [5, 5.41) is 21.6. The van der Waals surface area contributed by atoms with Crippen LogP contribution in [-0.4, -0.2) is 58.6 Å². The molecule has 2 aromatic carbocycles. The first-order valence-corrected chi connectivity index (χ1v) is 10.1. The van der Waals surface area contributed by atoms with E-state index in [1.165, 1.54) is 5.56 Å². The summed E-state index contributed by atoms with van der Waals surface area (Å²) in [4.78, 5) is 15.3. The fraction of sp³-hybridized carbons (Fsp3) is 0.455. The summed E-state index contributed by atoms with van der Waals surface area (Å²) in [6.45, 7) is 4.91. The molecule has 6 nitrogen and oxygen atoms in total. The molecule has 1 fully saturated rings.